The molecule has 120 valence electrons. The molecule has 0 spiro atoms. The second kappa shape index (κ2) is 6.45. The van der Waals surface area contributed by atoms with Crippen LogP contribution in [0, 0.1) is 0 Å². The van der Waals surface area contributed by atoms with Gasteiger partial charge in [-0.2, -0.15) is 5.10 Å². The monoisotopic (exact) mass is 330 g/mol. The standard InChI is InChI=1S/C16H18N4O2S/c1-3-10(2)20-14(6-7-17-20)19-16(22)11-4-5-13-12(8-11)18-15(21)9-23-13/h4-8,10H,3,9H2,1-2H3,(H,18,21)(H,19,22). The van der Waals surface area contributed by atoms with Crippen LogP contribution in [0.3, 0.4) is 0 Å². The van der Waals surface area contributed by atoms with E-state index in [9.17, 15) is 9.59 Å². The van der Waals surface area contributed by atoms with Gasteiger partial charge in [-0.1, -0.05) is 6.92 Å². The molecule has 0 aliphatic carbocycles. The van der Waals surface area contributed by atoms with Gasteiger partial charge in [0.15, 0.2) is 0 Å². The summed E-state index contributed by atoms with van der Waals surface area (Å²) in [4.78, 5) is 24.9. The number of benzene rings is 1. The lowest BCUT2D eigenvalue weighted by molar-refractivity contribution is -0.113. The topological polar surface area (TPSA) is 76.0 Å². The van der Waals surface area contributed by atoms with Crippen LogP contribution in [-0.4, -0.2) is 27.3 Å². The second-order valence-electron chi connectivity index (χ2n) is 5.42. The molecule has 1 aromatic carbocycles. The Bertz CT molecular complexity index is 756. The van der Waals surface area contributed by atoms with Gasteiger partial charge >= 0.3 is 0 Å². The summed E-state index contributed by atoms with van der Waals surface area (Å²) in [5, 5.41) is 9.93. The highest BCUT2D eigenvalue weighted by atomic mass is 32.2. The predicted octanol–water partition coefficient (Wildman–Crippen LogP) is 3.15. The minimum Gasteiger partial charge on any atom is -0.324 e. The van der Waals surface area contributed by atoms with Gasteiger partial charge in [-0.3, -0.25) is 9.59 Å². The molecule has 0 saturated heterocycles. The fraction of sp³-hybridized carbons (Fsp3) is 0.312. The minimum absolute atomic E-state index is 0.0464. The van der Waals surface area contributed by atoms with Crippen LogP contribution in [0.25, 0.3) is 0 Å². The molecular weight excluding hydrogens is 312 g/mol. The number of nitrogens with one attached hydrogen (secondary N) is 2. The van der Waals surface area contributed by atoms with Gasteiger partial charge in [0.1, 0.15) is 5.82 Å². The molecule has 0 bridgehead atoms. The number of carbonyl (C=O) groups excluding carboxylic acids is 2. The van der Waals surface area contributed by atoms with Crippen LogP contribution in [0.4, 0.5) is 11.5 Å². The lowest BCUT2D eigenvalue weighted by atomic mass is 10.2. The normalized spacial score (nSPS) is 14.8. The average molecular weight is 330 g/mol. The van der Waals surface area contributed by atoms with E-state index in [4.69, 9.17) is 0 Å². The van der Waals surface area contributed by atoms with Crippen LogP contribution in [0.5, 0.6) is 0 Å². The first kappa shape index (κ1) is 15.6. The van der Waals surface area contributed by atoms with Crippen LogP contribution in [0.15, 0.2) is 35.4 Å². The number of nitrogens with zero attached hydrogens (tertiary/aromatic N) is 2. The summed E-state index contributed by atoms with van der Waals surface area (Å²) in [6.07, 6.45) is 2.60. The molecule has 0 saturated carbocycles. The Balaban J connectivity index is 1.80. The van der Waals surface area contributed by atoms with E-state index in [-0.39, 0.29) is 17.9 Å². The number of thioether (sulfide) groups is 1. The van der Waals surface area contributed by atoms with E-state index in [1.54, 1.807) is 29.1 Å². The number of aromatic nitrogens is 2. The summed E-state index contributed by atoms with van der Waals surface area (Å²) in [6.45, 7) is 4.12. The third-order valence-electron chi connectivity index (χ3n) is 3.79. The third-order valence-corrected chi connectivity index (χ3v) is 4.87. The highest BCUT2D eigenvalue weighted by Gasteiger charge is 2.18. The first-order valence-corrected chi connectivity index (χ1v) is 8.48. The Kier molecular flexibility index (Phi) is 4.38. The molecular formula is C16H18N4O2S. The fourth-order valence-corrected chi connectivity index (χ4v) is 3.14. The Morgan fingerprint density at radius 3 is 3.09 bits per heavy atom. The second-order valence-corrected chi connectivity index (χ2v) is 6.44. The molecule has 0 radical (unpaired) electrons. The molecule has 1 aliphatic heterocycles. The van der Waals surface area contributed by atoms with Crippen LogP contribution < -0.4 is 10.6 Å². The smallest absolute Gasteiger partial charge is 0.256 e. The van der Waals surface area contributed by atoms with E-state index in [0.29, 0.717) is 22.8 Å². The first-order valence-electron chi connectivity index (χ1n) is 7.50. The SMILES string of the molecule is CCC(C)n1nccc1NC(=O)c1ccc2c(c1)NC(=O)CS2. The Morgan fingerprint density at radius 2 is 2.30 bits per heavy atom. The average Bonchev–Trinajstić information content (AvgIpc) is 3.01. The van der Waals surface area contributed by atoms with Crippen molar-refractivity contribution in [1.82, 2.24) is 9.78 Å². The van der Waals surface area contributed by atoms with Gasteiger partial charge in [0.05, 0.1) is 23.7 Å². The van der Waals surface area contributed by atoms with Gasteiger partial charge in [-0.25, -0.2) is 4.68 Å². The van der Waals surface area contributed by atoms with E-state index < -0.39 is 0 Å². The molecule has 7 heteroatoms. The molecule has 1 aliphatic rings. The number of hydrogen-bond acceptors (Lipinski definition) is 4. The van der Waals surface area contributed by atoms with Crippen molar-refractivity contribution in [3.63, 3.8) is 0 Å². The molecule has 6 nitrogen and oxygen atoms in total. The van der Waals surface area contributed by atoms with Gasteiger partial charge in [-0.05, 0) is 31.5 Å². The molecule has 2 aromatic rings. The zero-order valence-corrected chi connectivity index (χ0v) is 13.8. The first-order chi connectivity index (χ1) is 11.1. The van der Waals surface area contributed by atoms with Gasteiger partial charge in [0.2, 0.25) is 5.91 Å². The minimum atomic E-state index is -0.220. The van der Waals surface area contributed by atoms with E-state index in [1.807, 2.05) is 13.0 Å². The van der Waals surface area contributed by atoms with Crippen molar-refractivity contribution in [2.45, 2.75) is 31.2 Å². The van der Waals surface area contributed by atoms with Gasteiger partial charge in [0, 0.05) is 16.5 Å². The van der Waals surface area contributed by atoms with Crippen LogP contribution in [0.2, 0.25) is 0 Å². The molecule has 0 fully saturated rings. The summed E-state index contributed by atoms with van der Waals surface area (Å²) in [6, 6.07) is 7.32. The summed E-state index contributed by atoms with van der Waals surface area (Å²) < 4.78 is 1.80. The lowest BCUT2D eigenvalue weighted by Crippen LogP contribution is -2.20. The van der Waals surface area contributed by atoms with Gasteiger partial charge < -0.3 is 10.6 Å². The zero-order valence-electron chi connectivity index (χ0n) is 13.0. The van der Waals surface area contributed by atoms with Crippen molar-refractivity contribution in [1.29, 1.82) is 0 Å². The van der Waals surface area contributed by atoms with Crippen LogP contribution >= 0.6 is 11.8 Å². The van der Waals surface area contributed by atoms with E-state index >= 15 is 0 Å². The zero-order chi connectivity index (χ0) is 16.4. The summed E-state index contributed by atoms with van der Waals surface area (Å²) in [7, 11) is 0. The number of fused-ring (bicyclic) bond motifs is 1. The van der Waals surface area contributed by atoms with Crippen molar-refractivity contribution in [3.8, 4) is 0 Å². The largest absolute Gasteiger partial charge is 0.324 e. The van der Waals surface area contributed by atoms with Crippen molar-refractivity contribution in [2.75, 3.05) is 16.4 Å². The van der Waals surface area contributed by atoms with Gasteiger partial charge in [-0.15, -0.1) is 11.8 Å². The third kappa shape index (κ3) is 3.24. The Hall–Kier alpha value is -2.28. The Labute approximate surface area is 138 Å². The molecule has 2 heterocycles. The van der Waals surface area contributed by atoms with E-state index in [0.717, 1.165) is 11.3 Å². The number of hydrogen-bond donors (Lipinski definition) is 2. The molecule has 1 unspecified atom stereocenters. The highest BCUT2D eigenvalue weighted by Crippen LogP contribution is 2.32. The Morgan fingerprint density at radius 1 is 1.48 bits per heavy atom. The maximum atomic E-state index is 12.5. The van der Waals surface area contributed by atoms with E-state index in [1.165, 1.54) is 11.8 Å². The van der Waals surface area contributed by atoms with Crippen LogP contribution in [-0.2, 0) is 4.79 Å². The fourth-order valence-electron chi connectivity index (χ4n) is 2.35. The van der Waals surface area contributed by atoms with Crippen LogP contribution in [0.1, 0.15) is 36.7 Å². The summed E-state index contributed by atoms with van der Waals surface area (Å²) in [5.41, 5.74) is 1.19. The van der Waals surface area contributed by atoms with Crippen molar-refractivity contribution in [3.05, 3.63) is 36.0 Å². The highest BCUT2D eigenvalue weighted by molar-refractivity contribution is 8.00. The molecule has 2 amide bonds. The number of amides is 2. The maximum Gasteiger partial charge on any atom is 0.256 e. The molecule has 1 atom stereocenters. The predicted molar refractivity (Wildman–Crippen MR) is 91.0 cm³/mol. The summed E-state index contributed by atoms with van der Waals surface area (Å²) >= 11 is 1.47. The van der Waals surface area contributed by atoms with Gasteiger partial charge in [0.25, 0.3) is 5.91 Å². The molecule has 1 aromatic heterocycles. The number of rotatable bonds is 4. The molecule has 2 N–H and O–H groups in total. The maximum absolute atomic E-state index is 12.5. The molecule has 23 heavy (non-hydrogen) atoms. The number of carbonyl (C=O) groups is 2. The lowest BCUT2D eigenvalue weighted by Gasteiger charge is -2.17. The van der Waals surface area contributed by atoms with Crippen molar-refractivity contribution >= 4 is 35.1 Å². The summed E-state index contributed by atoms with van der Waals surface area (Å²) in [5.74, 6) is 0.810. The van der Waals surface area contributed by atoms with Crippen molar-refractivity contribution < 1.29 is 9.59 Å². The number of anilines is 2. The van der Waals surface area contributed by atoms with E-state index in [2.05, 4.69) is 22.7 Å². The van der Waals surface area contributed by atoms with Crippen molar-refractivity contribution in [2.24, 2.45) is 0 Å². The quantitative estimate of drug-likeness (QED) is 0.903. The molecule has 3 rings (SSSR count).